The van der Waals surface area contributed by atoms with Crippen molar-refractivity contribution in [2.45, 2.75) is 11.9 Å². The Hall–Kier alpha value is -2.12. The lowest BCUT2D eigenvalue weighted by atomic mass is 10.3. The number of hydrogen-bond donors (Lipinski definition) is 2. The highest BCUT2D eigenvalue weighted by atomic mass is 35.5. The quantitative estimate of drug-likeness (QED) is 0.820. The topological polar surface area (TPSA) is 84.0 Å². The molecule has 0 atom stereocenters. The van der Waals surface area contributed by atoms with Crippen LogP contribution in [0.15, 0.2) is 41.4 Å². The third-order valence-corrected chi connectivity index (χ3v) is 3.56. The van der Waals surface area contributed by atoms with E-state index in [2.05, 4.69) is 20.8 Å². The fraction of sp³-hybridized carbons (Fsp3) is 0.143. The standard InChI is InChI=1S/C14H13ClN4O2S/c1-9(20)16-12-5-6-14(19-18-12)22-8-13(21)17-11-4-2-3-10(15)7-11/h2-7H,8H2,1H3,(H,17,21)(H,16,18,20). The number of hydrogen-bond acceptors (Lipinski definition) is 5. The van der Waals surface area contributed by atoms with E-state index < -0.39 is 0 Å². The zero-order chi connectivity index (χ0) is 15.9. The van der Waals surface area contributed by atoms with Gasteiger partial charge in [0.05, 0.1) is 5.75 Å². The highest BCUT2D eigenvalue weighted by Gasteiger charge is 2.06. The molecule has 0 saturated heterocycles. The Morgan fingerprint density at radius 2 is 2.00 bits per heavy atom. The SMILES string of the molecule is CC(=O)Nc1ccc(SCC(=O)Nc2cccc(Cl)c2)nn1. The molecule has 22 heavy (non-hydrogen) atoms. The van der Waals surface area contributed by atoms with Gasteiger partial charge < -0.3 is 10.6 Å². The normalized spacial score (nSPS) is 10.1. The summed E-state index contributed by atoms with van der Waals surface area (Å²) < 4.78 is 0. The lowest BCUT2D eigenvalue weighted by molar-refractivity contribution is -0.114. The van der Waals surface area contributed by atoms with E-state index >= 15 is 0 Å². The van der Waals surface area contributed by atoms with Gasteiger partial charge in [0, 0.05) is 17.6 Å². The zero-order valence-corrected chi connectivity index (χ0v) is 13.2. The predicted octanol–water partition coefficient (Wildman–Crippen LogP) is 2.82. The number of nitrogens with one attached hydrogen (secondary N) is 2. The number of anilines is 2. The van der Waals surface area contributed by atoms with Crippen LogP contribution >= 0.6 is 23.4 Å². The minimum Gasteiger partial charge on any atom is -0.325 e. The van der Waals surface area contributed by atoms with Gasteiger partial charge in [-0.3, -0.25) is 9.59 Å². The Kier molecular flexibility index (Phi) is 5.74. The lowest BCUT2D eigenvalue weighted by Gasteiger charge is -2.05. The van der Waals surface area contributed by atoms with E-state index in [9.17, 15) is 9.59 Å². The zero-order valence-electron chi connectivity index (χ0n) is 11.7. The highest BCUT2D eigenvalue weighted by Crippen LogP contribution is 2.18. The molecule has 2 amide bonds. The minimum absolute atomic E-state index is 0.167. The highest BCUT2D eigenvalue weighted by molar-refractivity contribution is 7.99. The van der Waals surface area contributed by atoms with Crippen molar-refractivity contribution in [3.05, 3.63) is 41.4 Å². The molecule has 0 spiro atoms. The number of nitrogens with zero attached hydrogens (tertiary/aromatic N) is 2. The maximum Gasteiger partial charge on any atom is 0.234 e. The monoisotopic (exact) mass is 336 g/mol. The number of aromatic nitrogens is 2. The largest absolute Gasteiger partial charge is 0.325 e. The molecule has 1 aromatic heterocycles. The summed E-state index contributed by atoms with van der Waals surface area (Å²) in [4.78, 5) is 22.7. The molecule has 0 unspecified atom stereocenters. The van der Waals surface area contributed by atoms with Crippen molar-refractivity contribution < 1.29 is 9.59 Å². The van der Waals surface area contributed by atoms with Crippen LogP contribution in [0.3, 0.4) is 0 Å². The first kappa shape index (κ1) is 16.3. The summed E-state index contributed by atoms with van der Waals surface area (Å²) in [5, 5.41) is 14.2. The van der Waals surface area contributed by atoms with E-state index in [-0.39, 0.29) is 17.6 Å². The van der Waals surface area contributed by atoms with Crippen LogP contribution in [-0.4, -0.2) is 27.8 Å². The van der Waals surface area contributed by atoms with E-state index in [1.165, 1.54) is 18.7 Å². The van der Waals surface area contributed by atoms with Crippen LogP contribution in [0.25, 0.3) is 0 Å². The summed E-state index contributed by atoms with van der Waals surface area (Å²) in [5.41, 5.74) is 0.644. The van der Waals surface area contributed by atoms with Crippen LogP contribution < -0.4 is 10.6 Å². The average Bonchev–Trinajstić information content (AvgIpc) is 2.46. The minimum atomic E-state index is -0.212. The van der Waals surface area contributed by atoms with Crippen LogP contribution in [0.2, 0.25) is 5.02 Å². The average molecular weight is 337 g/mol. The van der Waals surface area contributed by atoms with Gasteiger partial charge in [-0.15, -0.1) is 10.2 Å². The Morgan fingerprint density at radius 1 is 1.18 bits per heavy atom. The van der Waals surface area contributed by atoms with Gasteiger partial charge in [-0.05, 0) is 30.3 Å². The van der Waals surface area contributed by atoms with Gasteiger partial charge in [-0.2, -0.15) is 0 Å². The number of thioether (sulfide) groups is 1. The molecule has 2 rings (SSSR count). The van der Waals surface area contributed by atoms with E-state index in [1.807, 2.05) is 0 Å². The van der Waals surface area contributed by atoms with Crippen molar-refractivity contribution in [1.82, 2.24) is 10.2 Å². The maximum absolute atomic E-state index is 11.8. The van der Waals surface area contributed by atoms with E-state index in [1.54, 1.807) is 36.4 Å². The van der Waals surface area contributed by atoms with Crippen molar-refractivity contribution in [3.63, 3.8) is 0 Å². The summed E-state index contributed by atoms with van der Waals surface area (Å²) in [6, 6.07) is 10.2. The summed E-state index contributed by atoms with van der Waals surface area (Å²) in [5.74, 6) is 0.191. The summed E-state index contributed by atoms with van der Waals surface area (Å²) in [7, 11) is 0. The van der Waals surface area contributed by atoms with Crippen LogP contribution in [-0.2, 0) is 9.59 Å². The van der Waals surface area contributed by atoms with Crippen molar-refractivity contribution >= 4 is 46.7 Å². The molecule has 0 saturated carbocycles. The molecule has 2 aromatic rings. The lowest BCUT2D eigenvalue weighted by Crippen LogP contribution is -2.14. The first-order valence-electron chi connectivity index (χ1n) is 6.32. The van der Waals surface area contributed by atoms with Crippen LogP contribution in [0.1, 0.15) is 6.92 Å². The molecule has 1 aromatic carbocycles. The smallest absolute Gasteiger partial charge is 0.234 e. The molecule has 2 N–H and O–H groups in total. The summed E-state index contributed by atoms with van der Waals surface area (Å²) in [6.45, 7) is 1.39. The molecule has 0 aliphatic rings. The molecule has 0 radical (unpaired) electrons. The number of amides is 2. The molecular weight excluding hydrogens is 324 g/mol. The van der Waals surface area contributed by atoms with Crippen molar-refractivity contribution in [1.29, 1.82) is 0 Å². The predicted molar refractivity (Wildman–Crippen MR) is 87.1 cm³/mol. The molecule has 6 nitrogen and oxygen atoms in total. The van der Waals surface area contributed by atoms with Gasteiger partial charge in [0.25, 0.3) is 0 Å². The Labute approximate surface area is 136 Å². The second-order valence-electron chi connectivity index (χ2n) is 4.29. The van der Waals surface area contributed by atoms with Crippen LogP contribution in [0.5, 0.6) is 0 Å². The molecule has 0 aliphatic heterocycles. The third kappa shape index (κ3) is 5.34. The van der Waals surface area contributed by atoms with Crippen LogP contribution in [0.4, 0.5) is 11.5 Å². The Balaban J connectivity index is 1.84. The van der Waals surface area contributed by atoms with Gasteiger partial charge in [-0.1, -0.05) is 29.4 Å². The number of benzene rings is 1. The molecule has 0 aliphatic carbocycles. The van der Waals surface area contributed by atoms with Crippen molar-refractivity contribution in [2.24, 2.45) is 0 Å². The number of halogens is 1. The second kappa shape index (κ2) is 7.77. The Bertz CT molecular complexity index is 679. The second-order valence-corrected chi connectivity index (χ2v) is 5.72. The van der Waals surface area contributed by atoms with Crippen molar-refractivity contribution in [3.8, 4) is 0 Å². The van der Waals surface area contributed by atoms with E-state index in [0.717, 1.165) is 0 Å². The molecular formula is C14H13ClN4O2S. The van der Waals surface area contributed by atoms with Gasteiger partial charge in [-0.25, -0.2) is 0 Å². The molecule has 0 fully saturated rings. The van der Waals surface area contributed by atoms with Gasteiger partial charge in [0.2, 0.25) is 11.8 Å². The van der Waals surface area contributed by atoms with E-state index in [0.29, 0.717) is 21.6 Å². The molecule has 8 heteroatoms. The first-order valence-corrected chi connectivity index (χ1v) is 7.69. The van der Waals surface area contributed by atoms with Crippen LogP contribution in [0, 0.1) is 0 Å². The maximum atomic E-state index is 11.8. The van der Waals surface area contributed by atoms with Gasteiger partial charge in [0.1, 0.15) is 5.03 Å². The van der Waals surface area contributed by atoms with Crippen molar-refractivity contribution in [2.75, 3.05) is 16.4 Å². The molecule has 1 heterocycles. The van der Waals surface area contributed by atoms with E-state index in [4.69, 9.17) is 11.6 Å². The number of rotatable bonds is 5. The third-order valence-electron chi connectivity index (χ3n) is 2.40. The first-order chi connectivity index (χ1) is 10.5. The molecule has 114 valence electrons. The summed E-state index contributed by atoms with van der Waals surface area (Å²) in [6.07, 6.45) is 0. The Morgan fingerprint density at radius 3 is 2.64 bits per heavy atom. The fourth-order valence-electron chi connectivity index (χ4n) is 1.55. The van der Waals surface area contributed by atoms with Gasteiger partial charge in [0.15, 0.2) is 5.82 Å². The fourth-order valence-corrected chi connectivity index (χ4v) is 2.35. The van der Waals surface area contributed by atoms with Gasteiger partial charge >= 0.3 is 0 Å². The number of carbonyl (C=O) groups excluding carboxylic acids is 2. The number of carbonyl (C=O) groups is 2. The molecule has 0 bridgehead atoms. The summed E-state index contributed by atoms with van der Waals surface area (Å²) >= 11 is 7.10.